The monoisotopic (exact) mass is 223 g/mol. The van der Waals surface area contributed by atoms with E-state index in [9.17, 15) is 4.79 Å². The molecule has 0 saturated carbocycles. The molecule has 0 bridgehead atoms. The van der Waals surface area contributed by atoms with E-state index in [2.05, 4.69) is 11.4 Å². The lowest BCUT2D eigenvalue weighted by atomic mass is 10.0. The van der Waals surface area contributed by atoms with Crippen molar-refractivity contribution >= 4 is 5.91 Å². The number of rotatable bonds is 4. The van der Waals surface area contributed by atoms with Gasteiger partial charge in [-0.05, 0) is 33.2 Å². The van der Waals surface area contributed by atoms with Gasteiger partial charge in [-0.2, -0.15) is 5.26 Å². The zero-order valence-corrected chi connectivity index (χ0v) is 10.2. The summed E-state index contributed by atoms with van der Waals surface area (Å²) in [6, 6.07) is 2.15. The van der Waals surface area contributed by atoms with Crippen molar-refractivity contribution in [3.63, 3.8) is 0 Å². The number of carbonyl (C=O) groups excluding carboxylic acids is 1. The van der Waals surface area contributed by atoms with Gasteiger partial charge in [-0.25, -0.2) is 0 Å². The summed E-state index contributed by atoms with van der Waals surface area (Å²) in [7, 11) is 0. The van der Waals surface area contributed by atoms with Gasteiger partial charge in [-0.15, -0.1) is 0 Å². The maximum absolute atomic E-state index is 12.1. The highest BCUT2D eigenvalue weighted by atomic mass is 16.2. The topological polar surface area (TPSA) is 56.1 Å². The van der Waals surface area contributed by atoms with E-state index in [-0.39, 0.29) is 17.9 Å². The van der Waals surface area contributed by atoms with Gasteiger partial charge in [-0.3, -0.25) is 4.79 Å². The molecular weight excluding hydrogens is 202 g/mol. The van der Waals surface area contributed by atoms with E-state index in [0.717, 1.165) is 25.8 Å². The highest BCUT2D eigenvalue weighted by Crippen LogP contribution is 2.11. The molecule has 0 aromatic heterocycles. The van der Waals surface area contributed by atoms with Crippen molar-refractivity contribution < 1.29 is 4.79 Å². The Labute approximate surface area is 97.6 Å². The van der Waals surface area contributed by atoms with Gasteiger partial charge in [0.05, 0.1) is 18.0 Å². The first-order valence-electron chi connectivity index (χ1n) is 6.10. The first kappa shape index (κ1) is 13.0. The number of nitrogens with one attached hydrogen (secondary N) is 1. The number of amides is 1. The summed E-state index contributed by atoms with van der Waals surface area (Å²) in [5, 5.41) is 12.0. The Morgan fingerprint density at radius 1 is 1.62 bits per heavy atom. The van der Waals surface area contributed by atoms with Crippen LogP contribution in [0.4, 0.5) is 0 Å². The molecule has 1 fully saturated rings. The summed E-state index contributed by atoms with van der Waals surface area (Å²) < 4.78 is 0. The standard InChI is InChI=1S/C12H21N3O/c1-3-15(9-10(2)8-13)12(16)11-6-4-5-7-14-11/h10-11,14H,3-7,9H2,1-2H3/t10?,11-/m1/s1. The summed E-state index contributed by atoms with van der Waals surface area (Å²) >= 11 is 0. The molecule has 0 radical (unpaired) electrons. The maximum Gasteiger partial charge on any atom is 0.239 e. The Morgan fingerprint density at radius 2 is 2.38 bits per heavy atom. The van der Waals surface area contributed by atoms with Crippen LogP contribution in [-0.4, -0.2) is 36.5 Å². The number of carbonyl (C=O) groups is 1. The average Bonchev–Trinajstić information content (AvgIpc) is 2.35. The van der Waals surface area contributed by atoms with Crippen molar-refractivity contribution in [2.45, 2.75) is 39.2 Å². The van der Waals surface area contributed by atoms with E-state index in [1.165, 1.54) is 0 Å². The minimum atomic E-state index is -0.0903. The quantitative estimate of drug-likeness (QED) is 0.777. The lowest BCUT2D eigenvalue weighted by Gasteiger charge is -2.29. The molecular formula is C12H21N3O. The van der Waals surface area contributed by atoms with Crippen LogP contribution >= 0.6 is 0 Å². The Hall–Kier alpha value is -1.08. The smallest absolute Gasteiger partial charge is 0.239 e. The van der Waals surface area contributed by atoms with Crippen molar-refractivity contribution in [2.24, 2.45) is 5.92 Å². The number of nitriles is 1. The van der Waals surface area contributed by atoms with Crippen molar-refractivity contribution in [1.82, 2.24) is 10.2 Å². The number of nitrogens with zero attached hydrogens (tertiary/aromatic N) is 2. The van der Waals surface area contributed by atoms with E-state index in [1.54, 1.807) is 4.90 Å². The third-order valence-electron chi connectivity index (χ3n) is 3.02. The second-order valence-corrected chi connectivity index (χ2v) is 4.41. The molecule has 2 atom stereocenters. The van der Waals surface area contributed by atoms with Crippen molar-refractivity contribution in [3.05, 3.63) is 0 Å². The predicted molar refractivity (Wildman–Crippen MR) is 62.7 cm³/mol. The number of likely N-dealkylation sites (N-methyl/N-ethyl adjacent to an activating group) is 1. The molecule has 4 heteroatoms. The van der Waals surface area contributed by atoms with Crippen molar-refractivity contribution in [2.75, 3.05) is 19.6 Å². The van der Waals surface area contributed by atoms with Crippen molar-refractivity contribution in [1.29, 1.82) is 5.26 Å². The van der Waals surface area contributed by atoms with Crippen LogP contribution in [0.5, 0.6) is 0 Å². The lowest BCUT2D eigenvalue weighted by molar-refractivity contribution is -0.134. The largest absolute Gasteiger partial charge is 0.340 e. The fourth-order valence-corrected chi connectivity index (χ4v) is 2.03. The maximum atomic E-state index is 12.1. The van der Waals surface area contributed by atoms with Gasteiger partial charge in [-0.1, -0.05) is 6.42 Å². The molecule has 16 heavy (non-hydrogen) atoms. The summed E-state index contributed by atoms with van der Waals surface area (Å²) in [4.78, 5) is 13.9. The Morgan fingerprint density at radius 3 is 2.88 bits per heavy atom. The van der Waals surface area contributed by atoms with Crippen LogP contribution in [0, 0.1) is 17.2 Å². The number of hydrogen-bond acceptors (Lipinski definition) is 3. The van der Waals surface area contributed by atoms with Crippen LogP contribution in [0.15, 0.2) is 0 Å². The minimum Gasteiger partial charge on any atom is -0.340 e. The van der Waals surface area contributed by atoms with Gasteiger partial charge >= 0.3 is 0 Å². The second kappa shape index (κ2) is 6.49. The molecule has 0 aromatic rings. The van der Waals surface area contributed by atoms with E-state index < -0.39 is 0 Å². The first-order chi connectivity index (χ1) is 7.69. The van der Waals surface area contributed by atoms with E-state index in [4.69, 9.17) is 5.26 Å². The molecule has 1 aliphatic heterocycles. The average molecular weight is 223 g/mol. The van der Waals surface area contributed by atoms with Gasteiger partial charge < -0.3 is 10.2 Å². The molecule has 1 saturated heterocycles. The molecule has 1 amide bonds. The Kier molecular flexibility index (Phi) is 5.27. The summed E-state index contributed by atoms with van der Waals surface area (Å²) in [6.45, 7) is 5.98. The van der Waals surface area contributed by atoms with Crippen LogP contribution in [0.3, 0.4) is 0 Å². The summed E-state index contributed by atoms with van der Waals surface area (Å²) in [5.41, 5.74) is 0. The molecule has 0 spiro atoms. The first-order valence-corrected chi connectivity index (χ1v) is 6.10. The molecule has 0 aliphatic carbocycles. The molecule has 1 N–H and O–H groups in total. The highest BCUT2D eigenvalue weighted by Gasteiger charge is 2.25. The van der Waals surface area contributed by atoms with Gasteiger partial charge in [0.25, 0.3) is 0 Å². The fourth-order valence-electron chi connectivity index (χ4n) is 2.03. The molecule has 0 aromatic carbocycles. The molecule has 1 heterocycles. The highest BCUT2D eigenvalue weighted by molar-refractivity contribution is 5.82. The van der Waals surface area contributed by atoms with Crippen LogP contribution in [0.2, 0.25) is 0 Å². The van der Waals surface area contributed by atoms with E-state index in [1.807, 2.05) is 13.8 Å². The third-order valence-corrected chi connectivity index (χ3v) is 3.02. The lowest BCUT2D eigenvalue weighted by Crippen LogP contribution is -2.49. The second-order valence-electron chi connectivity index (χ2n) is 4.41. The molecule has 1 rings (SSSR count). The third kappa shape index (κ3) is 3.49. The fraction of sp³-hybridized carbons (Fsp3) is 0.833. The van der Waals surface area contributed by atoms with Gasteiger partial charge in [0.2, 0.25) is 5.91 Å². The summed E-state index contributed by atoms with van der Waals surface area (Å²) in [6.07, 6.45) is 3.20. The van der Waals surface area contributed by atoms with Crippen LogP contribution in [-0.2, 0) is 4.79 Å². The van der Waals surface area contributed by atoms with Crippen molar-refractivity contribution in [3.8, 4) is 6.07 Å². The number of hydrogen-bond donors (Lipinski definition) is 1. The molecule has 1 unspecified atom stereocenters. The van der Waals surface area contributed by atoms with Gasteiger partial charge in [0.1, 0.15) is 0 Å². The number of piperidine rings is 1. The SMILES string of the molecule is CCN(CC(C)C#N)C(=O)[C@H]1CCCCN1. The molecule has 1 aliphatic rings. The minimum absolute atomic E-state index is 0.0282. The van der Waals surface area contributed by atoms with E-state index in [0.29, 0.717) is 13.1 Å². The normalized spacial score (nSPS) is 22.2. The van der Waals surface area contributed by atoms with Crippen LogP contribution in [0.25, 0.3) is 0 Å². The van der Waals surface area contributed by atoms with Gasteiger partial charge in [0, 0.05) is 13.1 Å². The Bertz CT molecular complexity index is 266. The summed E-state index contributed by atoms with van der Waals surface area (Å²) in [5.74, 6) is 0.0665. The Balaban J connectivity index is 2.51. The van der Waals surface area contributed by atoms with Crippen LogP contribution in [0.1, 0.15) is 33.1 Å². The van der Waals surface area contributed by atoms with Crippen LogP contribution < -0.4 is 5.32 Å². The van der Waals surface area contributed by atoms with Gasteiger partial charge in [0.15, 0.2) is 0 Å². The molecule has 4 nitrogen and oxygen atoms in total. The zero-order chi connectivity index (χ0) is 12.0. The predicted octanol–water partition coefficient (Wildman–Crippen LogP) is 1.14. The zero-order valence-electron chi connectivity index (χ0n) is 10.2. The van der Waals surface area contributed by atoms with E-state index >= 15 is 0 Å². The molecule has 90 valence electrons.